The Labute approximate surface area is 99.0 Å². The molecule has 0 saturated carbocycles. The first-order valence-corrected chi connectivity index (χ1v) is 6.69. The van der Waals surface area contributed by atoms with E-state index in [1.165, 1.54) is 24.8 Å². The van der Waals surface area contributed by atoms with Crippen LogP contribution in [-0.4, -0.2) is 10.5 Å². The van der Waals surface area contributed by atoms with Gasteiger partial charge in [0.25, 0.3) is 0 Å². The quantitative estimate of drug-likeness (QED) is 0.597. The molecule has 1 aromatic rings. The van der Waals surface area contributed by atoms with Crippen LogP contribution in [-0.2, 0) is 4.74 Å². The molecule has 1 aliphatic rings. The molecule has 0 amide bonds. The van der Waals surface area contributed by atoms with Crippen LogP contribution >= 0.6 is 22.6 Å². The Morgan fingerprint density at radius 2 is 2.00 bits per heavy atom. The van der Waals surface area contributed by atoms with Gasteiger partial charge in [0.2, 0.25) is 0 Å². The van der Waals surface area contributed by atoms with E-state index in [0.29, 0.717) is 12.2 Å². The summed E-state index contributed by atoms with van der Waals surface area (Å²) in [7, 11) is 0. The van der Waals surface area contributed by atoms with Crippen molar-refractivity contribution in [3.63, 3.8) is 0 Å². The molecule has 0 aliphatic carbocycles. The fraction of sp³-hybridized carbons (Fsp3) is 0.500. The van der Waals surface area contributed by atoms with Gasteiger partial charge in [0.15, 0.2) is 0 Å². The Morgan fingerprint density at radius 3 is 2.71 bits per heavy atom. The standard InChI is InChI=1S/C12H15IO/c13-9-11-7-4-8-12(14-11)10-5-2-1-3-6-10/h1-3,5-6,11-12H,4,7-9H2/t11-,12+/m1/s1. The largest absolute Gasteiger partial charge is 0.370 e. The minimum atomic E-state index is 0.338. The number of hydrogen-bond acceptors (Lipinski definition) is 1. The molecule has 0 bridgehead atoms. The molecule has 1 aliphatic heterocycles. The molecule has 0 aromatic heterocycles. The zero-order chi connectivity index (χ0) is 9.80. The summed E-state index contributed by atoms with van der Waals surface area (Å²) in [5.74, 6) is 0. The van der Waals surface area contributed by atoms with E-state index in [2.05, 4.69) is 52.9 Å². The summed E-state index contributed by atoms with van der Waals surface area (Å²) in [6.45, 7) is 0. The van der Waals surface area contributed by atoms with Crippen LogP contribution in [0.3, 0.4) is 0 Å². The average Bonchev–Trinajstić information content (AvgIpc) is 2.30. The third-order valence-corrected chi connectivity index (χ3v) is 3.67. The van der Waals surface area contributed by atoms with Gasteiger partial charge < -0.3 is 4.74 Å². The minimum absolute atomic E-state index is 0.338. The third kappa shape index (κ3) is 2.48. The van der Waals surface area contributed by atoms with Crippen LogP contribution in [0.25, 0.3) is 0 Å². The molecule has 76 valence electrons. The summed E-state index contributed by atoms with van der Waals surface area (Å²) >= 11 is 2.41. The zero-order valence-corrected chi connectivity index (χ0v) is 10.3. The lowest BCUT2D eigenvalue weighted by atomic mass is 9.99. The van der Waals surface area contributed by atoms with E-state index in [4.69, 9.17) is 4.74 Å². The summed E-state index contributed by atoms with van der Waals surface area (Å²) in [5, 5.41) is 0. The zero-order valence-electron chi connectivity index (χ0n) is 8.16. The fourth-order valence-electron chi connectivity index (χ4n) is 1.93. The molecule has 14 heavy (non-hydrogen) atoms. The highest BCUT2D eigenvalue weighted by Crippen LogP contribution is 2.31. The molecule has 1 nitrogen and oxygen atoms in total. The molecule has 0 spiro atoms. The van der Waals surface area contributed by atoms with Gasteiger partial charge in [0.05, 0.1) is 12.2 Å². The molecular formula is C12H15IO. The van der Waals surface area contributed by atoms with Gasteiger partial charge in [-0.15, -0.1) is 0 Å². The summed E-state index contributed by atoms with van der Waals surface area (Å²) < 4.78 is 7.13. The Morgan fingerprint density at radius 1 is 1.21 bits per heavy atom. The van der Waals surface area contributed by atoms with E-state index < -0.39 is 0 Å². The molecule has 1 heterocycles. The second kappa shape index (κ2) is 5.12. The van der Waals surface area contributed by atoms with Crippen LogP contribution in [0.15, 0.2) is 30.3 Å². The van der Waals surface area contributed by atoms with Crippen LogP contribution in [0.2, 0.25) is 0 Å². The van der Waals surface area contributed by atoms with Crippen molar-refractivity contribution in [1.82, 2.24) is 0 Å². The molecule has 0 N–H and O–H groups in total. The third-order valence-electron chi connectivity index (χ3n) is 2.69. The predicted molar refractivity (Wildman–Crippen MR) is 66.8 cm³/mol. The van der Waals surface area contributed by atoms with E-state index in [1.54, 1.807) is 0 Å². The number of alkyl halides is 1. The highest BCUT2D eigenvalue weighted by Gasteiger charge is 2.22. The normalized spacial score (nSPS) is 27.5. The molecule has 1 saturated heterocycles. The topological polar surface area (TPSA) is 9.23 Å². The predicted octanol–water partition coefficient (Wildman–Crippen LogP) is 3.73. The van der Waals surface area contributed by atoms with Gasteiger partial charge in [-0.05, 0) is 24.8 Å². The lowest BCUT2D eigenvalue weighted by molar-refractivity contribution is -0.0375. The van der Waals surface area contributed by atoms with Crippen molar-refractivity contribution in [1.29, 1.82) is 0 Å². The van der Waals surface area contributed by atoms with Crippen LogP contribution < -0.4 is 0 Å². The van der Waals surface area contributed by atoms with Crippen LogP contribution in [0.5, 0.6) is 0 Å². The SMILES string of the molecule is IC[C@H]1CCC[C@@H](c2ccccc2)O1. The summed E-state index contributed by atoms with van der Waals surface area (Å²) in [5.41, 5.74) is 1.34. The van der Waals surface area contributed by atoms with Crippen molar-refractivity contribution in [3.8, 4) is 0 Å². The first-order chi connectivity index (χ1) is 6.90. The highest BCUT2D eigenvalue weighted by molar-refractivity contribution is 14.1. The Kier molecular flexibility index (Phi) is 3.81. The monoisotopic (exact) mass is 302 g/mol. The number of halogens is 1. The summed E-state index contributed by atoms with van der Waals surface area (Å²) in [6, 6.07) is 10.6. The smallest absolute Gasteiger partial charge is 0.0829 e. The fourth-order valence-corrected chi connectivity index (χ4v) is 2.57. The van der Waals surface area contributed by atoms with E-state index in [1.807, 2.05) is 0 Å². The van der Waals surface area contributed by atoms with Gasteiger partial charge in [-0.1, -0.05) is 52.9 Å². The van der Waals surface area contributed by atoms with Gasteiger partial charge in [0, 0.05) is 4.43 Å². The maximum atomic E-state index is 6.01. The van der Waals surface area contributed by atoms with Crippen molar-refractivity contribution >= 4 is 22.6 Å². The lowest BCUT2D eigenvalue weighted by Crippen LogP contribution is -2.23. The van der Waals surface area contributed by atoms with Crippen LogP contribution in [0, 0.1) is 0 Å². The van der Waals surface area contributed by atoms with Gasteiger partial charge in [-0.2, -0.15) is 0 Å². The lowest BCUT2D eigenvalue weighted by Gasteiger charge is -2.29. The van der Waals surface area contributed by atoms with Crippen LogP contribution in [0.1, 0.15) is 30.9 Å². The highest BCUT2D eigenvalue weighted by atomic mass is 127. The average molecular weight is 302 g/mol. The van der Waals surface area contributed by atoms with E-state index in [9.17, 15) is 0 Å². The molecule has 2 rings (SSSR count). The van der Waals surface area contributed by atoms with Crippen molar-refractivity contribution in [2.75, 3.05) is 4.43 Å². The van der Waals surface area contributed by atoms with Crippen LogP contribution in [0.4, 0.5) is 0 Å². The number of hydrogen-bond donors (Lipinski definition) is 0. The second-order valence-corrected chi connectivity index (χ2v) is 4.62. The number of ether oxygens (including phenoxy) is 1. The van der Waals surface area contributed by atoms with E-state index >= 15 is 0 Å². The van der Waals surface area contributed by atoms with Gasteiger partial charge >= 0.3 is 0 Å². The van der Waals surface area contributed by atoms with Gasteiger partial charge in [-0.3, -0.25) is 0 Å². The molecule has 0 radical (unpaired) electrons. The minimum Gasteiger partial charge on any atom is -0.370 e. The molecule has 2 atom stereocenters. The van der Waals surface area contributed by atoms with Crippen molar-refractivity contribution < 1.29 is 4.74 Å². The number of benzene rings is 1. The molecule has 1 aromatic carbocycles. The Balaban J connectivity index is 2.04. The maximum absolute atomic E-state index is 6.01. The molecule has 0 unspecified atom stereocenters. The molecule has 1 fully saturated rings. The Hall–Kier alpha value is -0.0900. The van der Waals surface area contributed by atoms with Crippen molar-refractivity contribution in [2.24, 2.45) is 0 Å². The Bertz CT molecular complexity index is 273. The summed E-state index contributed by atoms with van der Waals surface area (Å²) in [6.07, 6.45) is 4.51. The second-order valence-electron chi connectivity index (χ2n) is 3.74. The van der Waals surface area contributed by atoms with Gasteiger partial charge in [0.1, 0.15) is 0 Å². The van der Waals surface area contributed by atoms with Gasteiger partial charge in [-0.25, -0.2) is 0 Å². The van der Waals surface area contributed by atoms with E-state index in [-0.39, 0.29) is 0 Å². The van der Waals surface area contributed by atoms with Crippen molar-refractivity contribution in [3.05, 3.63) is 35.9 Å². The first kappa shape index (κ1) is 10.4. The summed E-state index contributed by atoms with van der Waals surface area (Å²) in [4.78, 5) is 0. The van der Waals surface area contributed by atoms with Crippen molar-refractivity contribution in [2.45, 2.75) is 31.5 Å². The molecule has 2 heteroatoms. The first-order valence-electron chi connectivity index (χ1n) is 5.16. The maximum Gasteiger partial charge on any atom is 0.0829 e. The molecular weight excluding hydrogens is 287 g/mol. The van der Waals surface area contributed by atoms with E-state index in [0.717, 1.165) is 4.43 Å². The number of rotatable bonds is 2.